The number of nitrogens with two attached hydrogens (primary N) is 1. The van der Waals surface area contributed by atoms with Crippen molar-refractivity contribution in [3.05, 3.63) is 0 Å². The summed E-state index contributed by atoms with van der Waals surface area (Å²) >= 11 is 0. The number of likely N-dealkylation sites (N-methyl/N-ethyl adjacent to an activating group) is 1. The molecular formula is C10H22N4O2. The predicted molar refractivity (Wildman–Crippen MR) is 63.3 cm³/mol. The van der Waals surface area contributed by atoms with Gasteiger partial charge in [0.05, 0.1) is 6.04 Å². The van der Waals surface area contributed by atoms with E-state index in [1.807, 2.05) is 13.8 Å². The highest BCUT2D eigenvalue weighted by Gasteiger charge is 2.23. The van der Waals surface area contributed by atoms with E-state index in [4.69, 9.17) is 10.9 Å². The fourth-order valence-corrected chi connectivity index (χ4v) is 1.17. The van der Waals surface area contributed by atoms with Gasteiger partial charge in [-0.25, -0.2) is 0 Å². The first-order chi connectivity index (χ1) is 7.35. The molecule has 0 rings (SSSR count). The normalized spacial score (nSPS) is 14.6. The van der Waals surface area contributed by atoms with E-state index in [-0.39, 0.29) is 23.2 Å². The van der Waals surface area contributed by atoms with Crippen molar-refractivity contribution in [2.45, 2.75) is 33.2 Å². The average Bonchev–Trinajstić information content (AvgIpc) is 2.26. The minimum Gasteiger partial charge on any atom is -0.409 e. The molecule has 1 atom stereocenters. The molecule has 0 heterocycles. The van der Waals surface area contributed by atoms with Gasteiger partial charge < -0.3 is 21.6 Å². The first-order valence-corrected chi connectivity index (χ1v) is 5.28. The van der Waals surface area contributed by atoms with Crippen LogP contribution in [0.25, 0.3) is 0 Å². The smallest absolute Gasteiger partial charge is 0.236 e. The van der Waals surface area contributed by atoms with Crippen LogP contribution in [0, 0.1) is 5.41 Å². The standard InChI is InChI=1S/C10H22N4O2/c1-7(8(15)12-4)13-6-5-10(2,3)9(11)14-16/h7,13,16H,5-6H2,1-4H3,(H2,11,14)(H,12,15). The number of amidine groups is 1. The van der Waals surface area contributed by atoms with Crippen LogP contribution in [0.5, 0.6) is 0 Å². The van der Waals surface area contributed by atoms with Crippen LogP contribution in [0.15, 0.2) is 5.16 Å². The lowest BCUT2D eigenvalue weighted by Gasteiger charge is -2.23. The molecule has 16 heavy (non-hydrogen) atoms. The van der Waals surface area contributed by atoms with Crippen molar-refractivity contribution >= 4 is 11.7 Å². The van der Waals surface area contributed by atoms with Gasteiger partial charge in [0.1, 0.15) is 5.84 Å². The summed E-state index contributed by atoms with van der Waals surface area (Å²) in [5, 5.41) is 17.2. The Kier molecular flexibility index (Phi) is 5.81. The third-order valence-electron chi connectivity index (χ3n) is 2.64. The third-order valence-corrected chi connectivity index (χ3v) is 2.64. The van der Waals surface area contributed by atoms with Crippen LogP contribution in [0.4, 0.5) is 0 Å². The molecule has 0 aromatic heterocycles. The summed E-state index contributed by atoms with van der Waals surface area (Å²) in [5.41, 5.74) is 5.16. The molecule has 6 heteroatoms. The topological polar surface area (TPSA) is 99.7 Å². The molecule has 1 unspecified atom stereocenters. The van der Waals surface area contributed by atoms with E-state index < -0.39 is 0 Å². The molecule has 0 fully saturated rings. The van der Waals surface area contributed by atoms with Gasteiger partial charge in [0, 0.05) is 12.5 Å². The molecule has 0 aromatic carbocycles. The van der Waals surface area contributed by atoms with Crippen LogP contribution in [-0.4, -0.2) is 36.6 Å². The van der Waals surface area contributed by atoms with Crippen molar-refractivity contribution in [2.75, 3.05) is 13.6 Å². The molecule has 0 bridgehead atoms. The van der Waals surface area contributed by atoms with Crippen LogP contribution in [-0.2, 0) is 4.79 Å². The van der Waals surface area contributed by atoms with Gasteiger partial charge in [-0.3, -0.25) is 4.79 Å². The van der Waals surface area contributed by atoms with Crippen molar-refractivity contribution in [3.8, 4) is 0 Å². The van der Waals surface area contributed by atoms with Gasteiger partial charge in [-0.1, -0.05) is 19.0 Å². The van der Waals surface area contributed by atoms with Crippen molar-refractivity contribution in [1.82, 2.24) is 10.6 Å². The molecule has 0 saturated heterocycles. The summed E-state index contributed by atoms with van der Waals surface area (Å²) in [7, 11) is 1.60. The number of carbonyl (C=O) groups excluding carboxylic acids is 1. The highest BCUT2D eigenvalue weighted by atomic mass is 16.4. The van der Waals surface area contributed by atoms with Gasteiger partial charge in [0.15, 0.2) is 0 Å². The second-order valence-electron chi connectivity index (χ2n) is 4.41. The van der Waals surface area contributed by atoms with Gasteiger partial charge in [-0.15, -0.1) is 0 Å². The minimum atomic E-state index is -0.385. The maximum atomic E-state index is 11.2. The number of rotatable bonds is 6. The highest BCUT2D eigenvalue weighted by Crippen LogP contribution is 2.19. The summed E-state index contributed by atoms with van der Waals surface area (Å²) in [6.07, 6.45) is 0.685. The predicted octanol–water partition coefficient (Wildman–Crippen LogP) is -0.127. The fourth-order valence-electron chi connectivity index (χ4n) is 1.17. The van der Waals surface area contributed by atoms with E-state index in [1.54, 1.807) is 14.0 Å². The van der Waals surface area contributed by atoms with Crippen LogP contribution in [0.3, 0.4) is 0 Å². The lowest BCUT2D eigenvalue weighted by atomic mass is 9.88. The Morgan fingerprint density at radius 1 is 1.56 bits per heavy atom. The van der Waals surface area contributed by atoms with Crippen molar-refractivity contribution in [3.63, 3.8) is 0 Å². The number of nitrogens with one attached hydrogen (secondary N) is 2. The van der Waals surface area contributed by atoms with Crippen molar-refractivity contribution in [1.29, 1.82) is 0 Å². The zero-order valence-electron chi connectivity index (χ0n) is 10.4. The quantitative estimate of drug-likeness (QED) is 0.221. The molecule has 0 aliphatic heterocycles. The number of amides is 1. The van der Waals surface area contributed by atoms with Crippen molar-refractivity contribution in [2.24, 2.45) is 16.3 Å². The van der Waals surface area contributed by atoms with Gasteiger partial charge in [0.25, 0.3) is 0 Å². The van der Waals surface area contributed by atoms with Crippen molar-refractivity contribution < 1.29 is 10.0 Å². The number of hydrogen-bond acceptors (Lipinski definition) is 4. The maximum Gasteiger partial charge on any atom is 0.236 e. The first kappa shape index (κ1) is 14.7. The molecule has 94 valence electrons. The van der Waals surface area contributed by atoms with E-state index >= 15 is 0 Å². The minimum absolute atomic E-state index is 0.0541. The number of carbonyl (C=O) groups is 1. The van der Waals surface area contributed by atoms with Gasteiger partial charge in [-0.05, 0) is 19.9 Å². The zero-order valence-corrected chi connectivity index (χ0v) is 10.4. The molecule has 0 spiro atoms. The van der Waals surface area contributed by atoms with Crippen LogP contribution in [0.1, 0.15) is 27.2 Å². The number of nitrogens with zero attached hydrogens (tertiary/aromatic N) is 1. The molecule has 0 radical (unpaired) electrons. The Labute approximate surface area is 96.3 Å². The van der Waals surface area contributed by atoms with Crippen LogP contribution >= 0.6 is 0 Å². The third kappa shape index (κ3) is 4.48. The summed E-state index contributed by atoms with van der Waals surface area (Å²) in [6, 6.07) is -0.243. The summed E-state index contributed by atoms with van der Waals surface area (Å²) in [6.45, 7) is 6.18. The van der Waals surface area contributed by atoms with Gasteiger partial charge >= 0.3 is 0 Å². The molecule has 0 aromatic rings. The molecule has 6 nitrogen and oxygen atoms in total. The Bertz CT molecular complexity index is 264. The van der Waals surface area contributed by atoms with Crippen LogP contribution in [0.2, 0.25) is 0 Å². The summed E-state index contributed by atoms with van der Waals surface area (Å²) < 4.78 is 0. The SMILES string of the molecule is CNC(=O)C(C)NCCC(C)(C)C(N)=NO. The van der Waals surface area contributed by atoms with E-state index in [2.05, 4.69) is 15.8 Å². The lowest BCUT2D eigenvalue weighted by molar-refractivity contribution is -0.122. The summed E-state index contributed by atoms with van der Waals surface area (Å²) in [5.74, 6) is 0.142. The number of hydrogen-bond donors (Lipinski definition) is 4. The molecule has 5 N–H and O–H groups in total. The maximum absolute atomic E-state index is 11.2. The largest absolute Gasteiger partial charge is 0.409 e. The van der Waals surface area contributed by atoms with E-state index in [0.717, 1.165) is 0 Å². The monoisotopic (exact) mass is 230 g/mol. The Morgan fingerprint density at radius 3 is 2.56 bits per heavy atom. The van der Waals surface area contributed by atoms with E-state index in [1.165, 1.54) is 0 Å². The van der Waals surface area contributed by atoms with Crippen LogP contribution < -0.4 is 16.4 Å². The molecule has 0 aliphatic carbocycles. The van der Waals surface area contributed by atoms with Gasteiger partial charge in [-0.2, -0.15) is 0 Å². The molecule has 0 aliphatic rings. The highest BCUT2D eigenvalue weighted by molar-refractivity contribution is 5.85. The Morgan fingerprint density at radius 2 is 2.12 bits per heavy atom. The molecular weight excluding hydrogens is 208 g/mol. The fraction of sp³-hybridized carbons (Fsp3) is 0.800. The van der Waals surface area contributed by atoms with E-state index in [0.29, 0.717) is 13.0 Å². The second kappa shape index (κ2) is 6.32. The first-order valence-electron chi connectivity index (χ1n) is 5.28. The second-order valence-corrected chi connectivity index (χ2v) is 4.41. The Balaban J connectivity index is 4.03. The van der Waals surface area contributed by atoms with E-state index in [9.17, 15) is 4.79 Å². The summed E-state index contributed by atoms with van der Waals surface area (Å²) in [4.78, 5) is 11.2. The number of oxime groups is 1. The molecule has 0 saturated carbocycles. The lowest BCUT2D eigenvalue weighted by Crippen LogP contribution is -2.43. The Hall–Kier alpha value is -1.30. The molecule has 1 amide bonds. The average molecular weight is 230 g/mol. The van der Waals surface area contributed by atoms with Gasteiger partial charge in [0.2, 0.25) is 5.91 Å². The zero-order chi connectivity index (χ0) is 12.8.